The summed E-state index contributed by atoms with van der Waals surface area (Å²) >= 11 is 2.01. The number of phenols is 1. The van der Waals surface area contributed by atoms with Gasteiger partial charge in [-0.05, 0) is 113 Å². The van der Waals surface area contributed by atoms with E-state index in [9.17, 15) is 46.1 Å². The Kier molecular flexibility index (Phi) is 11.1. The Hall–Kier alpha value is -3.83. The number of imide groups is 1. The Morgan fingerprint density at radius 3 is 2.26 bits per heavy atom. The lowest BCUT2D eigenvalue weighted by Gasteiger charge is -2.43. The SMILES string of the molecule is CCCC1=C2[C@@H](CC/C(=C/c3cc(I)c(O)c(OC)c3)c3ccccc3)OB(O)C[C@@H]2[C@@H]2C(=O)N(c3cc(C(F)(F)F)cc(C(F)(F)F)c3)C(=O)[C@@H]2C1. The number of carbonyl (C=O) groups excluding carboxylic acids is 2. The third-order valence-corrected chi connectivity index (χ3v) is 10.9. The summed E-state index contributed by atoms with van der Waals surface area (Å²) in [6, 6.07) is 13.8. The predicted octanol–water partition coefficient (Wildman–Crippen LogP) is 9.17. The van der Waals surface area contributed by atoms with Crippen LogP contribution in [0.5, 0.6) is 11.5 Å². The van der Waals surface area contributed by atoms with Crippen LogP contribution in [0.3, 0.4) is 0 Å². The fraction of sp³-hybridized carbons (Fsp3) is 0.368. The van der Waals surface area contributed by atoms with Crippen molar-refractivity contribution in [3.8, 4) is 11.5 Å². The van der Waals surface area contributed by atoms with Gasteiger partial charge in [-0.15, -0.1) is 0 Å². The Morgan fingerprint density at radius 2 is 1.66 bits per heavy atom. The minimum absolute atomic E-state index is 0.0143. The summed E-state index contributed by atoms with van der Waals surface area (Å²) in [6.45, 7) is 1.93. The van der Waals surface area contributed by atoms with Crippen molar-refractivity contribution in [2.24, 2.45) is 17.8 Å². The molecule has 2 N–H and O–H groups in total. The maximum Gasteiger partial charge on any atom is 0.455 e. The van der Waals surface area contributed by atoms with Crippen molar-refractivity contribution in [2.75, 3.05) is 12.0 Å². The summed E-state index contributed by atoms with van der Waals surface area (Å²) in [5, 5.41) is 21.4. The number of phenolic OH excluding ortho intramolecular Hbond substituents is 1. The number of allylic oxidation sites excluding steroid dienone is 2. The molecular weight excluding hydrogens is 818 g/mol. The second-order valence-electron chi connectivity index (χ2n) is 13.5. The molecule has 1 aliphatic carbocycles. The van der Waals surface area contributed by atoms with Gasteiger partial charge in [-0.25, -0.2) is 4.90 Å². The van der Waals surface area contributed by atoms with Gasteiger partial charge in [-0.1, -0.05) is 55.3 Å². The van der Waals surface area contributed by atoms with Crippen molar-refractivity contribution in [2.45, 2.75) is 63.8 Å². The molecule has 3 aliphatic rings. The van der Waals surface area contributed by atoms with E-state index in [0.717, 1.165) is 27.8 Å². The van der Waals surface area contributed by atoms with Crippen molar-refractivity contribution >= 4 is 58.9 Å². The zero-order valence-corrected chi connectivity index (χ0v) is 30.8. The van der Waals surface area contributed by atoms with E-state index in [4.69, 9.17) is 9.39 Å². The third-order valence-electron chi connectivity index (χ3n) is 10.1. The summed E-state index contributed by atoms with van der Waals surface area (Å²) in [4.78, 5) is 28.5. The lowest BCUT2D eigenvalue weighted by molar-refractivity contribution is -0.143. The summed E-state index contributed by atoms with van der Waals surface area (Å²) in [7, 11) is 0.112. The molecule has 6 rings (SSSR count). The predicted molar refractivity (Wildman–Crippen MR) is 195 cm³/mol. The molecule has 2 amide bonds. The van der Waals surface area contributed by atoms with Gasteiger partial charge in [0.2, 0.25) is 11.8 Å². The quantitative estimate of drug-likeness (QED) is 0.0557. The first kappa shape index (κ1) is 38.9. The summed E-state index contributed by atoms with van der Waals surface area (Å²) < 4.78 is 94.6. The van der Waals surface area contributed by atoms with Crippen LogP contribution in [0.25, 0.3) is 11.6 Å². The topological polar surface area (TPSA) is 96.3 Å². The molecule has 0 spiro atoms. The van der Waals surface area contributed by atoms with Gasteiger partial charge in [-0.3, -0.25) is 9.59 Å². The van der Waals surface area contributed by atoms with E-state index in [2.05, 4.69) is 0 Å². The molecule has 0 unspecified atom stereocenters. The highest BCUT2D eigenvalue weighted by Gasteiger charge is 2.58. The van der Waals surface area contributed by atoms with Crippen LogP contribution in [0.1, 0.15) is 61.3 Å². The van der Waals surface area contributed by atoms with Crippen molar-refractivity contribution in [3.05, 3.63) is 97.6 Å². The zero-order valence-electron chi connectivity index (χ0n) is 28.6. The number of fused-ring (bicyclic) bond motifs is 3. The van der Waals surface area contributed by atoms with Crippen LogP contribution < -0.4 is 9.64 Å². The fourth-order valence-corrected chi connectivity index (χ4v) is 8.52. The van der Waals surface area contributed by atoms with E-state index < -0.39 is 72.0 Å². The van der Waals surface area contributed by atoms with E-state index in [1.807, 2.05) is 65.9 Å². The summed E-state index contributed by atoms with van der Waals surface area (Å²) in [5.74, 6) is -4.33. The van der Waals surface area contributed by atoms with Crippen LogP contribution in [-0.4, -0.2) is 42.3 Å². The lowest BCUT2D eigenvalue weighted by Crippen LogP contribution is -2.46. The smallest absolute Gasteiger partial charge is 0.455 e. The number of anilines is 1. The first-order valence-corrected chi connectivity index (χ1v) is 18.1. The number of hydrogen-bond donors (Lipinski definition) is 2. The minimum Gasteiger partial charge on any atom is -0.504 e. The van der Waals surface area contributed by atoms with Crippen LogP contribution in [0.2, 0.25) is 6.32 Å². The highest BCUT2D eigenvalue weighted by molar-refractivity contribution is 14.1. The molecule has 15 heteroatoms. The largest absolute Gasteiger partial charge is 0.504 e. The van der Waals surface area contributed by atoms with Gasteiger partial charge >= 0.3 is 19.5 Å². The maximum absolute atomic E-state index is 14.1. The zero-order chi connectivity index (χ0) is 38.4. The normalized spacial score (nSPS) is 22.3. The Labute approximate surface area is 315 Å². The molecule has 4 atom stereocenters. The van der Waals surface area contributed by atoms with Crippen molar-refractivity contribution in [3.63, 3.8) is 0 Å². The fourth-order valence-electron chi connectivity index (χ4n) is 7.90. The standard InChI is InChI=1S/C38H35BF6INO6/c1-3-7-23-15-27-33(36(50)47(35(27)49)26-17-24(37(40,41)42)16-25(18-26)38(43,44)45)28-19-39(51)53-30(32(23)28)11-10-22(21-8-5-4-6-9-21)12-20-13-29(46)34(48)31(14-20)52-2/h4-6,8-9,12-14,16-18,27-28,30,33,48,51H,3,7,10-11,15,19H2,1-2H3/b22-12-/t27-,28+,30-,33-/m1/s1. The number of carbonyl (C=O) groups is 2. The average molecular weight is 853 g/mol. The van der Waals surface area contributed by atoms with Crippen molar-refractivity contribution in [1.29, 1.82) is 0 Å². The van der Waals surface area contributed by atoms with Crippen LogP contribution in [0, 0.1) is 21.3 Å². The number of amides is 2. The van der Waals surface area contributed by atoms with Crippen molar-refractivity contribution in [1.82, 2.24) is 0 Å². The lowest BCUT2D eigenvalue weighted by atomic mass is 9.58. The number of methoxy groups -OCH3 is 1. The van der Waals surface area contributed by atoms with E-state index in [1.165, 1.54) is 7.11 Å². The average Bonchev–Trinajstić information content (AvgIpc) is 3.35. The second kappa shape index (κ2) is 15.1. The van der Waals surface area contributed by atoms with E-state index in [-0.39, 0.29) is 24.6 Å². The molecule has 3 aromatic carbocycles. The number of alkyl halides is 6. The number of nitrogens with zero attached hydrogens (tertiary/aromatic N) is 1. The molecule has 2 fully saturated rings. The number of rotatable bonds is 9. The molecule has 0 bridgehead atoms. The molecule has 3 aromatic rings. The Bertz CT molecular complexity index is 1930. The maximum atomic E-state index is 14.1. The van der Waals surface area contributed by atoms with Crippen LogP contribution >= 0.6 is 22.6 Å². The molecule has 7 nitrogen and oxygen atoms in total. The highest BCUT2D eigenvalue weighted by Crippen LogP contribution is 2.53. The van der Waals surface area contributed by atoms with Gasteiger partial charge in [0.1, 0.15) is 0 Å². The highest BCUT2D eigenvalue weighted by atomic mass is 127. The van der Waals surface area contributed by atoms with Gasteiger partial charge in [0.25, 0.3) is 0 Å². The van der Waals surface area contributed by atoms with Gasteiger partial charge in [0.05, 0.1) is 45.4 Å². The molecule has 53 heavy (non-hydrogen) atoms. The molecule has 0 saturated carbocycles. The van der Waals surface area contributed by atoms with E-state index in [1.54, 1.807) is 12.1 Å². The first-order valence-electron chi connectivity index (χ1n) is 17.1. The van der Waals surface area contributed by atoms with Crippen LogP contribution in [0.4, 0.5) is 32.0 Å². The van der Waals surface area contributed by atoms with E-state index in [0.29, 0.717) is 52.0 Å². The third kappa shape index (κ3) is 7.88. The summed E-state index contributed by atoms with van der Waals surface area (Å²) in [5.41, 5.74) is 0.0775. The number of hydrogen-bond acceptors (Lipinski definition) is 6. The summed E-state index contributed by atoms with van der Waals surface area (Å²) in [6.07, 6.45) is -7.14. The molecule has 2 heterocycles. The number of halogens is 7. The Morgan fingerprint density at radius 1 is 1.00 bits per heavy atom. The number of benzene rings is 3. The minimum atomic E-state index is -5.17. The number of ether oxygens (including phenoxy) is 1. The van der Waals surface area contributed by atoms with Crippen molar-refractivity contribution < 1.29 is 55.5 Å². The number of aromatic hydroxyl groups is 1. The molecule has 2 saturated heterocycles. The monoisotopic (exact) mass is 853 g/mol. The van der Waals surface area contributed by atoms with Crippen LogP contribution in [-0.2, 0) is 26.6 Å². The molecule has 0 radical (unpaired) electrons. The molecule has 2 aliphatic heterocycles. The van der Waals surface area contributed by atoms with Gasteiger partial charge < -0.3 is 19.5 Å². The Balaban J connectivity index is 1.36. The van der Waals surface area contributed by atoms with Crippen LogP contribution in [0.15, 0.2) is 71.8 Å². The molecule has 0 aromatic heterocycles. The molecule has 280 valence electrons. The van der Waals surface area contributed by atoms with Gasteiger partial charge in [0, 0.05) is 0 Å². The first-order chi connectivity index (χ1) is 25.0. The molecular formula is C38H35BF6INO6. The second-order valence-corrected chi connectivity index (χ2v) is 14.6. The van der Waals surface area contributed by atoms with E-state index >= 15 is 0 Å². The van der Waals surface area contributed by atoms with Gasteiger partial charge in [-0.2, -0.15) is 26.3 Å². The van der Waals surface area contributed by atoms with Gasteiger partial charge in [0.15, 0.2) is 11.5 Å².